The third kappa shape index (κ3) is 2.70. The lowest BCUT2D eigenvalue weighted by atomic mass is 10.2. The maximum absolute atomic E-state index is 14.2. The molecular formula is C16H11ClF3N3. The SMILES string of the molecule is CCN(c1cnc2ccccc2n1)c1cc(F)c(Cl)c(F)c1F. The van der Waals surface area contributed by atoms with Crippen LogP contribution < -0.4 is 4.90 Å². The molecule has 0 saturated heterocycles. The van der Waals surface area contributed by atoms with E-state index in [0.29, 0.717) is 11.0 Å². The van der Waals surface area contributed by atoms with Crippen molar-refractivity contribution in [3.8, 4) is 0 Å². The van der Waals surface area contributed by atoms with E-state index in [-0.39, 0.29) is 18.1 Å². The van der Waals surface area contributed by atoms with E-state index in [9.17, 15) is 13.2 Å². The molecule has 0 saturated carbocycles. The van der Waals surface area contributed by atoms with Crippen molar-refractivity contribution >= 4 is 34.1 Å². The molecule has 0 bridgehead atoms. The molecule has 23 heavy (non-hydrogen) atoms. The number of rotatable bonds is 3. The molecule has 0 aliphatic rings. The van der Waals surface area contributed by atoms with Gasteiger partial charge in [-0.25, -0.2) is 18.2 Å². The number of halogens is 4. The first kappa shape index (κ1) is 15.6. The topological polar surface area (TPSA) is 29.0 Å². The highest BCUT2D eigenvalue weighted by molar-refractivity contribution is 6.31. The molecule has 0 atom stereocenters. The fourth-order valence-electron chi connectivity index (χ4n) is 2.29. The normalized spacial score (nSPS) is 11.0. The van der Waals surface area contributed by atoms with Crippen LogP contribution >= 0.6 is 11.6 Å². The number of anilines is 2. The minimum atomic E-state index is -1.42. The van der Waals surface area contributed by atoms with Crippen LogP contribution in [-0.4, -0.2) is 16.5 Å². The fourth-order valence-corrected chi connectivity index (χ4v) is 2.43. The summed E-state index contributed by atoms with van der Waals surface area (Å²) in [5, 5.41) is -0.869. The summed E-state index contributed by atoms with van der Waals surface area (Å²) in [6.45, 7) is 1.95. The van der Waals surface area contributed by atoms with Crippen molar-refractivity contribution in [2.24, 2.45) is 0 Å². The third-order valence-corrected chi connectivity index (χ3v) is 3.75. The molecule has 0 fully saturated rings. The van der Waals surface area contributed by atoms with Crippen LogP contribution in [0, 0.1) is 17.5 Å². The van der Waals surface area contributed by atoms with Crippen LogP contribution in [0.25, 0.3) is 11.0 Å². The molecule has 7 heteroatoms. The summed E-state index contributed by atoms with van der Waals surface area (Å²) in [7, 11) is 0. The summed E-state index contributed by atoms with van der Waals surface area (Å²) >= 11 is 5.39. The Morgan fingerprint density at radius 3 is 2.48 bits per heavy atom. The molecule has 2 aromatic carbocycles. The van der Waals surface area contributed by atoms with Gasteiger partial charge in [-0.1, -0.05) is 23.7 Å². The number of hydrogen-bond donors (Lipinski definition) is 0. The lowest BCUT2D eigenvalue weighted by molar-refractivity contribution is 0.495. The Bertz CT molecular complexity index is 886. The van der Waals surface area contributed by atoms with Gasteiger partial charge in [-0.15, -0.1) is 0 Å². The van der Waals surface area contributed by atoms with Crippen LogP contribution in [0.3, 0.4) is 0 Å². The predicted molar refractivity (Wildman–Crippen MR) is 83.5 cm³/mol. The quantitative estimate of drug-likeness (QED) is 0.505. The van der Waals surface area contributed by atoms with E-state index >= 15 is 0 Å². The molecule has 0 unspecified atom stereocenters. The van der Waals surface area contributed by atoms with Gasteiger partial charge in [-0.3, -0.25) is 4.98 Å². The van der Waals surface area contributed by atoms with Crippen LogP contribution in [0.15, 0.2) is 36.5 Å². The highest BCUT2D eigenvalue weighted by Crippen LogP contribution is 2.33. The number of nitrogens with zero attached hydrogens (tertiary/aromatic N) is 3. The second-order valence-electron chi connectivity index (χ2n) is 4.78. The summed E-state index contributed by atoms with van der Waals surface area (Å²) in [4.78, 5) is 9.92. The van der Waals surface area contributed by atoms with Crippen molar-refractivity contribution in [2.45, 2.75) is 6.92 Å². The van der Waals surface area contributed by atoms with Gasteiger partial charge >= 0.3 is 0 Å². The van der Waals surface area contributed by atoms with E-state index in [2.05, 4.69) is 9.97 Å². The van der Waals surface area contributed by atoms with Gasteiger partial charge in [-0.05, 0) is 19.1 Å². The second kappa shape index (κ2) is 6.04. The molecule has 3 nitrogen and oxygen atoms in total. The summed E-state index contributed by atoms with van der Waals surface area (Å²) in [5.74, 6) is -3.40. The standard InChI is InChI=1S/C16H11ClF3N3/c1-2-23(12-7-9(18)14(17)16(20)15(12)19)13-8-21-10-5-3-4-6-11(10)22-13/h3-8H,2H2,1H3. The van der Waals surface area contributed by atoms with Crippen molar-refractivity contribution in [3.05, 3.63) is 59.0 Å². The van der Waals surface area contributed by atoms with Gasteiger partial charge < -0.3 is 4.90 Å². The van der Waals surface area contributed by atoms with Crippen molar-refractivity contribution < 1.29 is 13.2 Å². The van der Waals surface area contributed by atoms with Crippen molar-refractivity contribution in [2.75, 3.05) is 11.4 Å². The van der Waals surface area contributed by atoms with Gasteiger partial charge in [0.15, 0.2) is 17.5 Å². The monoisotopic (exact) mass is 337 g/mol. The van der Waals surface area contributed by atoms with E-state index in [4.69, 9.17) is 11.6 Å². The van der Waals surface area contributed by atoms with Crippen LogP contribution in [0.1, 0.15) is 6.92 Å². The highest BCUT2D eigenvalue weighted by atomic mass is 35.5. The van der Waals surface area contributed by atoms with E-state index in [1.165, 1.54) is 11.1 Å². The lowest BCUT2D eigenvalue weighted by Gasteiger charge is -2.23. The molecule has 0 aliphatic heterocycles. The summed E-state index contributed by atoms with van der Waals surface area (Å²) in [6.07, 6.45) is 1.43. The molecule has 0 amide bonds. The van der Waals surface area contributed by atoms with E-state index in [1.807, 2.05) is 6.07 Å². The molecule has 0 radical (unpaired) electrons. The molecule has 118 valence electrons. The largest absolute Gasteiger partial charge is 0.323 e. The predicted octanol–water partition coefficient (Wildman–Crippen LogP) is 4.86. The van der Waals surface area contributed by atoms with Crippen LogP contribution in [0.4, 0.5) is 24.7 Å². The number of fused-ring (bicyclic) bond motifs is 1. The average molecular weight is 338 g/mol. The van der Waals surface area contributed by atoms with Crippen molar-refractivity contribution in [1.29, 1.82) is 0 Å². The van der Waals surface area contributed by atoms with Crippen molar-refractivity contribution in [1.82, 2.24) is 9.97 Å². The first-order valence-electron chi connectivity index (χ1n) is 6.85. The zero-order valence-electron chi connectivity index (χ0n) is 12.0. The van der Waals surface area contributed by atoms with Crippen molar-refractivity contribution in [3.63, 3.8) is 0 Å². The molecule has 3 aromatic rings. The fraction of sp³-hybridized carbons (Fsp3) is 0.125. The minimum absolute atomic E-state index is 0.241. The number of aromatic nitrogens is 2. The molecule has 1 heterocycles. The Balaban J connectivity index is 2.15. The molecule has 0 N–H and O–H groups in total. The first-order chi connectivity index (χ1) is 11.0. The Morgan fingerprint density at radius 1 is 1.09 bits per heavy atom. The van der Waals surface area contributed by atoms with Gasteiger partial charge in [0.1, 0.15) is 10.8 Å². The van der Waals surface area contributed by atoms with Gasteiger partial charge in [0.2, 0.25) is 0 Å². The van der Waals surface area contributed by atoms with E-state index < -0.39 is 22.5 Å². The smallest absolute Gasteiger partial charge is 0.184 e. The number of para-hydroxylation sites is 2. The highest BCUT2D eigenvalue weighted by Gasteiger charge is 2.22. The lowest BCUT2D eigenvalue weighted by Crippen LogP contribution is -2.20. The zero-order chi connectivity index (χ0) is 16.6. The average Bonchev–Trinajstić information content (AvgIpc) is 2.58. The number of benzene rings is 2. The Hall–Kier alpha value is -2.34. The third-order valence-electron chi connectivity index (χ3n) is 3.40. The summed E-state index contributed by atoms with van der Waals surface area (Å²) < 4.78 is 41.6. The molecule has 0 aliphatic carbocycles. The van der Waals surface area contributed by atoms with E-state index in [1.54, 1.807) is 25.1 Å². The zero-order valence-corrected chi connectivity index (χ0v) is 12.8. The van der Waals surface area contributed by atoms with Gasteiger partial charge in [0, 0.05) is 12.6 Å². The maximum Gasteiger partial charge on any atom is 0.184 e. The first-order valence-corrected chi connectivity index (χ1v) is 7.23. The molecule has 1 aromatic heterocycles. The van der Waals surface area contributed by atoms with Gasteiger partial charge in [-0.2, -0.15) is 0 Å². The Labute approximate surface area is 135 Å². The Morgan fingerprint density at radius 2 is 1.78 bits per heavy atom. The second-order valence-corrected chi connectivity index (χ2v) is 5.16. The van der Waals surface area contributed by atoms with Gasteiger partial charge in [0.05, 0.1) is 22.9 Å². The van der Waals surface area contributed by atoms with Crippen LogP contribution in [0.2, 0.25) is 5.02 Å². The summed E-state index contributed by atoms with van der Waals surface area (Å²) in [6, 6.07) is 7.99. The summed E-state index contributed by atoms with van der Waals surface area (Å²) in [5.41, 5.74) is 0.983. The minimum Gasteiger partial charge on any atom is -0.323 e. The Kier molecular flexibility index (Phi) is 4.09. The molecular weight excluding hydrogens is 327 g/mol. The van der Waals surface area contributed by atoms with E-state index in [0.717, 1.165) is 6.07 Å². The van der Waals surface area contributed by atoms with Crippen LogP contribution in [0.5, 0.6) is 0 Å². The van der Waals surface area contributed by atoms with Crippen LogP contribution in [-0.2, 0) is 0 Å². The molecule has 0 spiro atoms. The maximum atomic E-state index is 14.2. The number of hydrogen-bond acceptors (Lipinski definition) is 3. The molecule has 3 rings (SSSR count). The van der Waals surface area contributed by atoms with Gasteiger partial charge in [0.25, 0.3) is 0 Å².